The van der Waals surface area contributed by atoms with E-state index in [9.17, 15) is 9.59 Å². The molecule has 0 spiro atoms. The lowest BCUT2D eigenvalue weighted by molar-refractivity contribution is -0.144. The van der Waals surface area contributed by atoms with Gasteiger partial charge in [0.05, 0.1) is 6.61 Å². The van der Waals surface area contributed by atoms with Gasteiger partial charge in [0.1, 0.15) is 12.4 Å². The molecule has 0 fully saturated rings. The number of carbonyl (C=O) groups is 2. The normalized spacial score (nSPS) is 12.7. The van der Waals surface area contributed by atoms with Crippen LogP contribution in [-0.2, 0) is 19.1 Å². The summed E-state index contributed by atoms with van der Waals surface area (Å²) in [4.78, 5) is 23.6. The minimum Gasteiger partial charge on any atom is -0.465 e. The summed E-state index contributed by atoms with van der Waals surface area (Å²) >= 11 is 0. The fourth-order valence-electron chi connectivity index (χ4n) is 3.57. The number of rotatable bonds is 10. The van der Waals surface area contributed by atoms with Gasteiger partial charge >= 0.3 is 5.97 Å². The lowest BCUT2D eigenvalue weighted by atomic mass is 9.98. The number of ether oxygens (including phenoxy) is 2. The molecule has 0 saturated heterocycles. The molecule has 0 heterocycles. The van der Waals surface area contributed by atoms with Gasteiger partial charge in [-0.1, -0.05) is 62.4 Å². The minimum absolute atomic E-state index is 0.0458. The molecule has 4 heteroatoms. The van der Waals surface area contributed by atoms with Crippen molar-refractivity contribution in [2.75, 3.05) is 19.8 Å². The van der Waals surface area contributed by atoms with Gasteiger partial charge in [-0.2, -0.15) is 0 Å². The van der Waals surface area contributed by atoms with Crippen molar-refractivity contribution < 1.29 is 19.1 Å². The van der Waals surface area contributed by atoms with Gasteiger partial charge in [0.25, 0.3) is 0 Å². The van der Waals surface area contributed by atoms with Gasteiger partial charge in [0.15, 0.2) is 0 Å². The van der Waals surface area contributed by atoms with Gasteiger partial charge in [-0.15, -0.1) is 0 Å². The smallest absolute Gasteiger partial charge is 0.305 e. The van der Waals surface area contributed by atoms with E-state index < -0.39 is 0 Å². The summed E-state index contributed by atoms with van der Waals surface area (Å²) in [6, 6.07) is 16.6. The van der Waals surface area contributed by atoms with Crippen LogP contribution < -0.4 is 0 Å². The molecule has 0 aromatic heterocycles. The number of carbonyl (C=O) groups excluding carboxylic acids is 2. The van der Waals surface area contributed by atoms with E-state index in [0.29, 0.717) is 39.1 Å². The molecule has 1 aliphatic rings. The Morgan fingerprint density at radius 3 is 2.11 bits per heavy atom. The summed E-state index contributed by atoms with van der Waals surface area (Å²) in [7, 11) is 0. The summed E-state index contributed by atoms with van der Waals surface area (Å²) in [6.45, 7) is 5.02. The zero-order valence-electron chi connectivity index (χ0n) is 16.6. The molecule has 0 radical (unpaired) electrons. The van der Waals surface area contributed by atoms with Crippen molar-refractivity contribution in [3.63, 3.8) is 0 Å². The third kappa shape index (κ3) is 4.87. The van der Waals surface area contributed by atoms with Crippen LogP contribution in [0, 0.1) is 5.92 Å². The van der Waals surface area contributed by atoms with Gasteiger partial charge in [0.2, 0.25) is 0 Å². The molecule has 0 saturated carbocycles. The first-order valence-corrected chi connectivity index (χ1v) is 10.0. The van der Waals surface area contributed by atoms with Crippen LogP contribution >= 0.6 is 0 Å². The highest BCUT2D eigenvalue weighted by atomic mass is 16.5. The van der Waals surface area contributed by atoms with Crippen LogP contribution in [0.1, 0.15) is 50.2 Å². The summed E-state index contributed by atoms with van der Waals surface area (Å²) in [5, 5.41) is 0. The molecule has 148 valence electrons. The molecule has 1 aliphatic carbocycles. The first-order valence-electron chi connectivity index (χ1n) is 10.0. The number of benzene rings is 2. The van der Waals surface area contributed by atoms with E-state index in [4.69, 9.17) is 9.47 Å². The molecule has 0 bridgehead atoms. The Hall–Kier alpha value is -2.46. The topological polar surface area (TPSA) is 52.6 Å². The number of hydrogen-bond donors (Lipinski definition) is 0. The fraction of sp³-hybridized carbons (Fsp3) is 0.417. The summed E-state index contributed by atoms with van der Waals surface area (Å²) in [5.41, 5.74) is 4.89. The predicted molar refractivity (Wildman–Crippen MR) is 109 cm³/mol. The number of Topliss-reactive ketones (excluding diaryl/α,β-unsaturated/α-hetero) is 1. The van der Waals surface area contributed by atoms with Crippen LogP contribution in [0.4, 0.5) is 0 Å². The second-order valence-electron chi connectivity index (χ2n) is 7.50. The van der Waals surface area contributed by atoms with E-state index in [1.165, 1.54) is 22.3 Å². The summed E-state index contributed by atoms with van der Waals surface area (Å²) in [5.74, 6) is 0.138. The van der Waals surface area contributed by atoms with Crippen LogP contribution in [0.25, 0.3) is 11.1 Å². The maximum atomic E-state index is 12.1. The van der Waals surface area contributed by atoms with Crippen molar-refractivity contribution in [3.05, 3.63) is 59.7 Å². The number of fused-ring (bicyclic) bond motifs is 3. The monoisotopic (exact) mass is 380 g/mol. The highest BCUT2D eigenvalue weighted by molar-refractivity contribution is 5.80. The number of hydrogen-bond acceptors (Lipinski definition) is 4. The highest BCUT2D eigenvalue weighted by Gasteiger charge is 2.28. The highest BCUT2D eigenvalue weighted by Crippen LogP contribution is 2.44. The van der Waals surface area contributed by atoms with Crippen LogP contribution in [0.5, 0.6) is 0 Å². The van der Waals surface area contributed by atoms with Crippen molar-refractivity contribution in [1.29, 1.82) is 0 Å². The van der Waals surface area contributed by atoms with Crippen molar-refractivity contribution >= 4 is 11.8 Å². The zero-order chi connectivity index (χ0) is 19.9. The van der Waals surface area contributed by atoms with E-state index >= 15 is 0 Å². The van der Waals surface area contributed by atoms with E-state index in [0.717, 1.165) is 0 Å². The Morgan fingerprint density at radius 2 is 1.50 bits per heavy atom. The van der Waals surface area contributed by atoms with Crippen LogP contribution in [-0.4, -0.2) is 31.6 Å². The molecule has 0 unspecified atom stereocenters. The molecular weight excluding hydrogens is 352 g/mol. The molecular formula is C24H28O4. The largest absolute Gasteiger partial charge is 0.465 e. The van der Waals surface area contributed by atoms with Crippen LogP contribution in [0.2, 0.25) is 0 Å². The summed E-state index contributed by atoms with van der Waals surface area (Å²) in [6.07, 6.45) is 1.36. The molecule has 0 N–H and O–H groups in total. The average molecular weight is 380 g/mol. The molecule has 4 nitrogen and oxygen atoms in total. The van der Waals surface area contributed by atoms with Gasteiger partial charge < -0.3 is 9.47 Å². The molecule has 0 aliphatic heterocycles. The number of esters is 1. The molecule has 3 rings (SSSR count). The maximum Gasteiger partial charge on any atom is 0.305 e. The molecule has 2 aromatic rings. The third-order valence-corrected chi connectivity index (χ3v) is 5.18. The van der Waals surface area contributed by atoms with E-state index in [2.05, 4.69) is 24.3 Å². The molecule has 28 heavy (non-hydrogen) atoms. The Labute approximate surface area is 166 Å². The van der Waals surface area contributed by atoms with Crippen molar-refractivity contribution in [2.45, 2.75) is 39.0 Å². The second-order valence-corrected chi connectivity index (χ2v) is 7.50. The van der Waals surface area contributed by atoms with Gasteiger partial charge in [0, 0.05) is 31.3 Å². The van der Waals surface area contributed by atoms with Crippen molar-refractivity contribution in [3.8, 4) is 11.1 Å². The second kappa shape index (κ2) is 9.65. The van der Waals surface area contributed by atoms with E-state index in [1.807, 2.05) is 38.1 Å². The fourth-order valence-corrected chi connectivity index (χ4v) is 3.57. The first-order chi connectivity index (χ1) is 13.6. The Balaban J connectivity index is 1.42. The van der Waals surface area contributed by atoms with Gasteiger partial charge in [-0.05, 0) is 28.7 Å². The minimum atomic E-state index is -0.205. The van der Waals surface area contributed by atoms with E-state index in [-0.39, 0.29) is 23.6 Å². The maximum absolute atomic E-state index is 12.1. The molecule has 0 atom stereocenters. The molecule has 2 aromatic carbocycles. The van der Waals surface area contributed by atoms with Gasteiger partial charge in [-0.25, -0.2) is 0 Å². The standard InChI is InChI=1S/C24H28O4/c1-17(2)23(25)13-15-27-14-7-12-24(26)28-16-22-20-10-5-3-8-18(20)19-9-4-6-11-21(19)22/h3-6,8-11,17,22H,7,12-16H2,1-2H3. The van der Waals surface area contributed by atoms with Crippen molar-refractivity contribution in [2.24, 2.45) is 5.92 Å². The quantitative estimate of drug-likeness (QED) is 0.441. The van der Waals surface area contributed by atoms with Crippen molar-refractivity contribution in [1.82, 2.24) is 0 Å². The lowest BCUT2D eigenvalue weighted by Gasteiger charge is -2.14. The molecule has 0 amide bonds. The lowest BCUT2D eigenvalue weighted by Crippen LogP contribution is -2.13. The Morgan fingerprint density at radius 1 is 0.893 bits per heavy atom. The average Bonchev–Trinajstić information content (AvgIpc) is 3.02. The van der Waals surface area contributed by atoms with Gasteiger partial charge in [-0.3, -0.25) is 9.59 Å². The van der Waals surface area contributed by atoms with E-state index in [1.54, 1.807) is 0 Å². The SMILES string of the molecule is CC(C)C(=O)CCOCCCC(=O)OCC1c2ccccc2-c2ccccc21. The zero-order valence-corrected chi connectivity index (χ0v) is 16.6. The first kappa shape index (κ1) is 20.3. The van der Waals surface area contributed by atoms with Crippen LogP contribution in [0.15, 0.2) is 48.5 Å². The predicted octanol–water partition coefficient (Wildman–Crippen LogP) is 4.75. The van der Waals surface area contributed by atoms with Crippen LogP contribution in [0.3, 0.4) is 0 Å². The number of ketones is 1. The Bertz CT molecular complexity index is 779. The Kier molecular flexibility index (Phi) is 6.99. The summed E-state index contributed by atoms with van der Waals surface area (Å²) < 4.78 is 11.0. The third-order valence-electron chi connectivity index (χ3n) is 5.18.